The monoisotopic (exact) mass is 269 g/mol. The molecule has 0 bridgehead atoms. The zero-order valence-corrected chi connectivity index (χ0v) is 11.2. The lowest BCUT2D eigenvalue weighted by Crippen LogP contribution is -2.24. The summed E-state index contributed by atoms with van der Waals surface area (Å²) in [4.78, 5) is 11.8. The highest BCUT2D eigenvalue weighted by atomic mass is 19.1. The van der Waals surface area contributed by atoms with Gasteiger partial charge in [0.15, 0.2) is 0 Å². The average Bonchev–Trinajstić information content (AvgIpc) is 2.47. The van der Waals surface area contributed by atoms with Crippen LogP contribution in [0.2, 0.25) is 0 Å². The fraction of sp³-hybridized carbons (Fsp3) is 0.118. The largest absolute Gasteiger partial charge is 0.346 e. The predicted octanol–water partition coefficient (Wildman–Crippen LogP) is 3.72. The molecule has 0 spiro atoms. The molecule has 0 saturated carbocycles. The highest BCUT2D eigenvalue weighted by molar-refractivity contribution is 5.92. The van der Waals surface area contributed by atoms with Gasteiger partial charge in [-0.2, -0.15) is 0 Å². The van der Waals surface area contributed by atoms with Gasteiger partial charge in [-0.05, 0) is 24.6 Å². The second kappa shape index (κ2) is 6.66. The third kappa shape index (κ3) is 3.79. The quantitative estimate of drug-likeness (QED) is 0.842. The molecule has 1 amide bonds. The molecule has 0 fully saturated rings. The summed E-state index contributed by atoms with van der Waals surface area (Å²) in [6.07, 6.45) is 2.82. The van der Waals surface area contributed by atoms with Crippen LogP contribution in [0.4, 0.5) is 4.39 Å². The Morgan fingerprint density at radius 2 is 1.75 bits per heavy atom. The van der Waals surface area contributed by atoms with Gasteiger partial charge in [0, 0.05) is 11.6 Å². The van der Waals surface area contributed by atoms with E-state index in [1.54, 1.807) is 18.2 Å². The van der Waals surface area contributed by atoms with Crippen LogP contribution in [0.1, 0.15) is 24.1 Å². The van der Waals surface area contributed by atoms with Crippen LogP contribution >= 0.6 is 0 Å². The van der Waals surface area contributed by atoms with Gasteiger partial charge in [0.05, 0.1) is 6.04 Å². The van der Waals surface area contributed by atoms with E-state index in [1.165, 1.54) is 18.2 Å². The second-order valence-electron chi connectivity index (χ2n) is 4.50. The van der Waals surface area contributed by atoms with Gasteiger partial charge in [-0.3, -0.25) is 4.79 Å². The second-order valence-corrected chi connectivity index (χ2v) is 4.50. The van der Waals surface area contributed by atoms with Crippen LogP contribution in [0.25, 0.3) is 6.08 Å². The van der Waals surface area contributed by atoms with E-state index in [0.29, 0.717) is 5.56 Å². The van der Waals surface area contributed by atoms with Crippen LogP contribution in [0, 0.1) is 5.82 Å². The molecule has 0 radical (unpaired) electrons. The summed E-state index contributed by atoms with van der Waals surface area (Å²) in [6.45, 7) is 1.91. The van der Waals surface area contributed by atoms with E-state index in [4.69, 9.17) is 0 Å². The van der Waals surface area contributed by atoms with Gasteiger partial charge in [-0.15, -0.1) is 0 Å². The number of carbonyl (C=O) groups is 1. The van der Waals surface area contributed by atoms with Crippen LogP contribution in [-0.2, 0) is 4.79 Å². The fourth-order valence-electron chi connectivity index (χ4n) is 1.86. The van der Waals surface area contributed by atoms with Crippen molar-refractivity contribution in [2.45, 2.75) is 13.0 Å². The lowest BCUT2D eigenvalue weighted by Gasteiger charge is -2.12. The zero-order valence-electron chi connectivity index (χ0n) is 11.2. The van der Waals surface area contributed by atoms with Crippen molar-refractivity contribution < 1.29 is 9.18 Å². The molecule has 0 aliphatic heterocycles. The van der Waals surface area contributed by atoms with Gasteiger partial charge >= 0.3 is 0 Å². The number of halogens is 1. The van der Waals surface area contributed by atoms with E-state index in [-0.39, 0.29) is 17.8 Å². The van der Waals surface area contributed by atoms with Gasteiger partial charge in [0.1, 0.15) is 5.82 Å². The van der Waals surface area contributed by atoms with Gasteiger partial charge in [0.25, 0.3) is 0 Å². The Morgan fingerprint density at radius 1 is 1.10 bits per heavy atom. The Morgan fingerprint density at radius 3 is 2.45 bits per heavy atom. The molecule has 2 nitrogen and oxygen atoms in total. The molecular weight excluding hydrogens is 253 g/mol. The molecule has 1 atom stereocenters. The van der Waals surface area contributed by atoms with E-state index in [0.717, 1.165) is 5.56 Å². The summed E-state index contributed by atoms with van der Waals surface area (Å²) >= 11 is 0. The van der Waals surface area contributed by atoms with Crippen molar-refractivity contribution in [1.29, 1.82) is 0 Å². The highest BCUT2D eigenvalue weighted by Gasteiger charge is 2.06. The fourth-order valence-corrected chi connectivity index (χ4v) is 1.86. The number of nitrogens with one attached hydrogen (secondary N) is 1. The number of carbonyl (C=O) groups excluding carboxylic acids is 1. The molecule has 20 heavy (non-hydrogen) atoms. The number of hydrogen-bond acceptors (Lipinski definition) is 1. The number of amides is 1. The van der Waals surface area contributed by atoms with Crippen molar-refractivity contribution in [3.05, 3.63) is 77.6 Å². The molecule has 102 valence electrons. The molecular formula is C17H16FNO. The topological polar surface area (TPSA) is 29.1 Å². The highest BCUT2D eigenvalue weighted by Crippen LogP contribution is 2.11. The molecule has 0 aromatic heterocycles. The minimum atomic E-state index is -0.340. The standard InChI is InChI=1S/C17H16FNO/c1-13(14-7-3-2-4-8-14)19-17(20)12-11-15-9-5-6-10-16(15)18/h2-13H,1H3,(H,19,20)/b12-11+/t13-/m0/s1. The van der Waals surface area contributed by atoms with Gasteiger partial charge in [-0.1, -0.05) is 48.5 Å². The number of benzene rings is 2. The van der Waals surface area contributed by atoms with Crippen molar-refractivity contribution in [2.75, 3.05) is 0 Å². The zero-order chi connectivity index (χ0) is 14.4. The Hall–Kier alpha value is -2.42. The van der Waals surface area contributed by atoms with Gasteiger partial charge in [-0.25, -0.2) is 4.39 Å². The van der Waals surface area contributed by atoms with Gasteiger partial charge in [0.2, 0.25) is 5.91 Å². The van der Waals surface area contributed by atoms with Gasteiger partial charge < -0.3 is 5.32 Å². The maximum atomic E-state index is 13.4. The summed E-state index contributed by atoms with van der Waals surface area (Å²) in [7, 11) is 0. The summed E-state index contributed by atoms with van der Waals surface area (Å²) in [5, 5.41) is 2.84. The number of hydrogen-bond donors (Lipinski definition) is 1. The Balaban J connectivity index is 1.98. The first kappa shape index (κ1) is 14.0. The smallest absolute Gasteiger partial charge is 0.244 e. The minimum Gasteiger partial charge on any atom is -0.346 e. The average molecular weight is 269 g/mol. The predicted molar refractivity (Wildman–Crippen MR) is 78.4 cm³/mol. The van der Waals surface area contributed by atoms with Crippen LogP contribution in [0.3, 0.4) is 0 Å². The van der Waals surface area contributed by atoms with Crippen molar-refractivity contribution in [3.63, 3.8) is 0 Å². The first-order chi connectivity index (χ1) is 9.66. The third-order valence-corrected chi connectivity index (χ3v) is 2.98. The third-order valence-electron chi connectivity index (χ3n) is 2.98. The van der Waals surface area contributed by atoms with E-state index in [2.05, 4.69) is 5.32 Å². The van der Waals surface area contributed by atoms with Crippen LogP contribution in [0.5, 0.6) is 0 Å². The van der Waals surface area contributed by atoms with E-state index >= 15 is 0 Å². The lowest BCUT2D eigenvalue weighted by molar-refractivity contribution is -0.117. The molecule has 0 aliphatic rings. The molecule has 3 heteroatoms. The van der Waals surface area contributed by atoms with Crippen LogP contribution in [-0.4, -0.2) is 5.91 Å². The maximum Gasteiger partial charge on any atom is 0.244 e. The van der Waals surface area contributed by atoms with E-state index < -0.39 is 0 Å². The Labute approximate surface area is 118 Å². The van der Waals surface area contributed by atoms with Crippen molar-refractivity contribution in [3.8, 4) is 0 Å². The molecule has 0 saturated heterocycles. The summed E-state index contributed by atoms with van der Waals surface area (Å²) in [5.41, 5.74) is 1.43. The molecule has 0 heterocycles. The number of rotatable bonds is 4. The SMILES string of the molecule is C[C@H](NC(=O)/C=C/c1ccccc1F)c1ccccc1. The lowest BCUT2D eigenvalue weighted by atomic mass is 10.1. The summed E-state index contributed by atoms with van der Waals surface area (Å²) < 4.78 is 13.4. The molecule has 2 rings (SSSR count). The molecule has 2 aromatic rings. The minimum absolute atomic E-state index is 0.0889. The first-order valence-electron chi connectivity index (χ1n) is 6.45. The van der Waals surface area contributed by atoms with E-state index in [1.807, 2.05) is 37.3 Å². The molecule has 0 aliphatic carbocycles. The Bertz CT molecular complexity index is 607. The Kier molecular flexibility index (Phi) is 4.66. The van der Waals surface area contributed by atoms with Crippen molar-refractivity contribution in [2.24, 2.45) is 0 Å². The van der Waals surface area contributed by atoms with Crippen LogP contribution in [0.15, 0.2) is 60.7 Å². The van der Waals surface area contributed by atoms with E-state index in [9.17, 15) is 9.18 Å². The van der Waals surface area contributed by atoms with Crippen LogP contribution < -0.4 is 5.32 Å². The van der Waals surface area contributed by atoms with Crippen molar-refractivity contribution >= 4 is 12.0 Å². The molecule has 0 unspecified atom stereocenters. The normalized spacial score (nSPS) is 12.3. The molecule has 2 aromatic carbocycles. The summed E-state index contributed by atoms with van der Waals surface area (Å²) in [6, 6.07) is 15.9. The maximum absolute atomic E-state index is 13.4. The first-order valence-corrected chi connectivity index (χ1v) is 6.45. The summed E-state index contributed by atoms with van der Waals surface area (Å²) in [5.74, 6) is -0.586. The van der Waals surface area contributed by atoms with Crippen molar-refractivity contribution in [1.82, 2.24) is 5.32 Å². The molecule has 1 N–H and O–H groups in total.